The molecule has 4 aromatic rings. The van der Waals surface area contributed by atoms with Crippen LogP contribution in [-0.4, -0.2) is 13.8 Å². The standard InChI is InChI=1S/C26H6B2Br2F18OS2/c29-15-5-13-19(50-15)20-14(6-16(30)51-20)28(18-11(25(43,44)45)3-8(22(34,35)36)4-12(18)26(46,47)48)49-27(13)17-9(23(37,38)39)1-7(21(31,32)33)2-10(17)24(40,41)42/h1-6H. The molecule has 0 spiro atoms. The zero-order chi connectivity index (χ0) is 38.6. The fraction of sp³-hybridized carbons (Fsp3) is 0.231. The Morgan fingerprint density at radius 3 is 0.882 bits per heavy atom. The molecule has 51 heavy (non-hydrogen) atoms. The average molecular weight is 922 g/mol. The maximum absolute atomic E-state index is 14.5. The van der Waals surface area contributed by atoms with Crippen LogP contribution in [0.4, 0.5) is 79.0 Å². The van der Waals surface area contributed by atoms with Gasteiger partial charge in [-0.3, -0.25) is 0 Å². The first-order chi connectivity index (χ1) is 22.9. The summed E-state index contributed by atoms with van der Waals surface area (Å²) in [5.41, 5.74) is -21.4. The Labute approximate surface area is 297 Å². The molecule has 0 atom stereocenters. The SMILES string of the molecule is FC(F)(F)c1cc(C(F)(F)F)c(B2OB(c3c(C(F)(F)F)cc(C(F)(F)F)cc3C(F)(F)F)c3cc(Br)sc3-c3sc(Br)cc32)c(C(F)(F)F)c1. The molecule has 274 valence electrons. The van der Waals surface area contributed by atoms with Crippen molar-refractivity contribution in [3.8, 4) is 9.75 Å². The molecule has 0 fully saturated rings. The van der Waals surface area contributed by atoms with E-state index in [2.05, 4.69) is 31.9 Å². The van der Waals surface area contributed by atoms with Gasteiger partial charge in [-0.1, -0.05) is 0 Å². The van der Waals surface area contributed by atoms with E-state index in [-0.39, 0.29) is 7.57 Å². The molecule has 0 radical (unpaired) electrons. The highest BCUT2D eigenvalue weighted by Gasteiger charge is 2.54. The quantitative estimate of drug-likeness (QED) is 0.144. The van der Waals surface area contributed by atoms with E-state index in [1.807, 2.05) is 0 Å². The maximum Gasteiger partial charge on any atom is 0.416 e. The van der Waals surface area contributed by atoms with Gasteiger partial charge in [0, 0.05) is 9.75 Å². The molecule has 3 heterocycles. The Bertz CT molecular complexity index is 1790. The van der Waals surface area contributed by atoms with Gasteiger partial charge in [-0.25, -0.2) is 0 Å². The van der Waals surface area contributed by atoms with Gasteiger partial charge >= 0.3 is 50.9 Å². The zero-order valence-electron chi connectivity index (χ0n) is 23.4. The summed E-state index contributed by atoms with van der Waals surface area (Å²) in [6.07, 6.45) is -36.0. The molecule has 0 saturated heterocycles. The summed E-state index contributed by atoms with van der Waals surface area (Å²) >= 11 is 6.91. The second kappa shape index (κ2) is 12.6. The van der Waals surface area contributed by atoms with E-state index < -0.39 is 140 Å². The number of hydrogen-bond donors (Lipinski definition) is 0. The van der Waals surface area contributed by atoms with E-state index in [1.54, 1.807) is 0 Å². The minimum absolute atomic E-state index is 0.0921. The number of alkyl halides is 18. The van der Waals surface area contributed by atoms with Crippen LogP contribution in [0.15, 0.2) is 44.0 Å². The predicted octanol–water partition coefficient (Wildman–Crippen LogP) is 10.4. The molecule has 1 nitrogen and oxygen atoms in total. The van der Waals surface area contributed by atoms with Crippen molar-refractivity contribution in [2.45, 2.75) is 37.1 Å². The molecule has 1 aliphatic heterocycles. The van der Waals surface area contributed by atoms with E-state index in [0.717, 1.165) is 12.1 Å². The van der Waals surface area contributed by atoms with E-state index in [0.29, 0.717) is 22.7 Å². The second-order valence-corrected chi connectivity index (χ2v) is 15.4. The number of hydrogen-bond acceptors (Lipinski definition) is 3. The minimum Gasteiger partial charge on any atom is -0.483 e. The van der Waals surface area contributed by atoms with E-state index in [4.69, 9.17) is 4.57 Å². The summed E-state index contributed by atoms with van der Waals surface area (Å²) in [6, 6.07) is -1.35. The highest BCUT2D eigenvalue weighted by atomic mass is 79.9. The molecule has 0 bridgehead atoms. The van der Waals surface area contributed by atoms with Crippen molar-refractivity contribution in [3.05, 3.63) is 77.4 Å². The van der Waals surface area contributed by atoms with Crippen molar-refractivity contribution in [3.63, 3.8) is 0 Å². The molecule has 0 N–H and O–H groups in total. The summed E-state index contributed by atoms with van der Waals surface area (Å²) in [5, 5.41) is 0. The zero-order valence-corrected chi connectivity index (χ0v) is 28.2. The Morgan fingerprint density at radius 2 is 0.667 bits per heavy atom. The Balaban J connectivity index is 1.99. The van der Waals surface area contributed by atoms with Crippen LogP contribution in [0.3, 0.4) is 0 Å². The van der Waals surface area contributed by atoms with Crippen molar-refractivity contribution >= 4 is 90.2 Å². The van der Waals surface area contributed by atoms with Gasteiger partial charge in [0.1, 0.15) is 0 Å². The normalized spacial score (nSPS) is 14.9. The van der Waals surface area contributed by atoms with Crippen LogP contribution in [0.25, 0.3) is 9.75 Å². The fourth-order valence-corrected chi connectivity index (χ4v) is 8.82. The summed E-state index contributed by atoms with van der Waals surface area (Å²) in [5.74, 6) is 0. The number of halogens is 20. The molecular formula is C26H6B2Br2F18OS2. The molecule has 25 heteroatoms. The number of fused-ring (bicyclic) bond motifs is 3. The second-order valence-electron chi connectivity index (χ2n) is 10.5. The van der Waals surface area contributed by atoms with E-state index in [1.165, 1.54) is 0 Å². The van der Waals surface area contributed by atoms with Crippen LogP contribution >= 0.6 is 54.5 Å². The third-order valence-electron chi connectivity index (χ3n) is 7.27. The van der Waals surface area contributed by atoms with E-state index in [9.17, 15) is 79.0 Å². The lowest BCUT2D eigenvalue weighted by atomic mass is 9.46. The van der Waals surface area contributed by atoms with Crippen molar-refractivity contribution in [2.24, 2.45) is 0 Å². The van der Waals surface area contributed by atoms with Crippen LogP contribution in [0, 0.1) is 0 Å². The van der Waals surface area contributed by atoms with Gasteiger partial charge < -0.3 is 4.57 Å². The Kier molecular flexibility index (Phi) is 9.85. The largest absolute Gasteiger partial charge is 0.483 e. The average Bonchev–Trinajstić information content (AvgIpc) is 3.48. The van der Waals surface area contributed by atoms with Crippen molar-refractivity contribution in [2.75, 3.05) is 0 Å². The highest BCUT2D eigenvalue weighted by Crippen LogP contribution is 2.44. The molecule has 0 unspecified atom stereocenters. The van der Waals surface area contributed by atoms with Gasteiger partial charge in [0.2, 0.25) is 0 Å². The molecule has 0 aliphatic carbocycles. The lowest BCUT2D eigenvalue weighted by Gasteiger charge is -2.29. The maximum atomic E-state index is 14.5. The van der Waals surface area contributed by atoms with Crippen molar-refractivity contribution in [1.29, 1.82) is 0 Å². The minimum atomic E-state index is -6.09. The third kappa shape index (κ3) is 7.68. The summed E-state index contributed by atoms with van der Waals surface area (Å²) in [4.78, 5) is -0.787. The molecule has 2 aromatic carbocycles. The summed E-state index contributed by atoms with van der Waals surface area (Å²) in [7, 11) is 0. The van der Waals surface area contributed by atoms with Gasteiger partial charge in [0.25, 0.3) is 0 Å². The summed E-state index contributed by atoms with van der Waals surface area (Å²) < 4.78 is 261. The lowest BCUT2D eigenvalue weighted by Crippen LogP contribution is -2.59. The van der Waals surface area contributed by atoms with Crippen LogP contribution < -0.4 is 21.9 Å². The Morgan fingerprint density at radius 1 is 0.412 bits per heavy atom. The molecule has 0 saturated carbocycles. The third-order valence-corrected chi connectivity index (χ3v) is 10.7. The summed E-state index contributed by atoms with van der Waals surface area (Å²) in [6.45, 7) is -6.07. The number of rotatable bonds is 2. The fourth-order valence-electron chi connectivity index (χ4n) is 5.36. The molecule has 2 aromatic heterocycles. The highest BCUT2D eigenvalue weighted by molar-refractivity contribution is 9.11. The molecule has 1 aliphatic rings. The molecular weight excluding hydrogens is 916 g/mol. The van der Waals surface area contributed by atoms with Gasteiger partial charge in [-0.15, -0.1) is 22.7 Å². The first-order valence-corrected chi connectivity index (χ1v) is 16.2. The van der Waals surface area contributed by atoms with Crippen LogP contribution in [-0.2, 0) is 41.6 Å². The van der Waals surface area contributed by atoms with Gasteiger partial charge in [0.05, 0.1) is 41.0 Å². The van der Waals surface area contributed by atoms with Gasteiger partial charge in [0.15, 0.2) is 0 Å². The first kappa shape index (κ1) is 39.8. The van der Waals surface area contributed by atoms with Crippen molar-refractivity contribution in [1.82, 2.24) is 0 Å². The van der Waals surface area contributed by atoms with Crippen LogP contribution in [0.1, 0.15) is 33.4 Å². The smallest absolute Gasteiger partial charge is 0.416 e. The Hall–Kier alpha value is -2.37. The lowest BCUT2D eigenvalue weighted by molar-refractivity contribution is -0.149. The topological polar surface area (TPSA) is 9.23 Å². The number of benzene rings is 2. The molecule has 0 amide bonds. The van der Waals surface area contributed by atoms with E-state index >= 15 is 0 Å². The number of thiophene rings is 2. The van der Waals surface area contributed by atoms with Gasteiger partial charge in [-0.05, 0) is 90.1 Å². The monoisotopic (exact) mass is 920 g/mol. The van der Waals surface area contributed by atoms with Gasteiger partial charge in [-0.2, -0.15) is 79.0 Å². The van der Waals surface area contributed by atoms with Crippen molar-refractivity contribution < 1.29 is 83.6 Å². The predicted molar refractivity (Wildman–Crippen MR) is 157 cm³/mol. The molecule has 5 rings (SSSR count). The van der Waals surface area contributed by atoms with Crippen LogP contribution in [0.2, 0.25) is 0 Å². The first-order valence-electron chi connectivity index (χ1n) is 12.9. The van der Waals surface area contributed by atoms with Crippen LogP contribution in [0.5, 0.6) is 0 Å².